The number of benzene rings is 2. The van der Waals surface area contributed by atoms with Crippen molar-refractivity contribution in [3.05, 3.63) is 102 Å². The molecule has 1 amide bonds. The Balaban J connectivity index is 1.70. The maximum absolute atomic E-state index is 13.7. The number of rotatable bonds is 7. The number of aromatic nitrogens is 1. The van der Waals surface area contributed by atoms with E-state index >= 15 is 0 Å². The molecular weight excluding hydrogens is 368 g/mol. The number of pyridine rings is 1. The summed E-state index contributed by atoms with van der Waals surface area (Å²) in [5.41, 5.74) is 3.02. The summed E-state index contributed by atoms with van der Waals surface area (Å²) in [6.07, 6.45) is 10.9. The fourth-order valence-electron chi connectivity index (χ4n) is 4.62. The molecule has 1 aromatic heterocycles. The Hall–Kier alpha value is -2.94. The summed E-state index contributed by atoms with van der Waals surface area (Å²) in [6.45, 7) is 0.598. The highest BCUT2D eigenvalue weighted by atomic mass is 16.2. The van der Waals surface area contributed by atoms with Crippen LogP contribution >= 0.6 is 0 Å². The molecule has 3 heteroatoms. The SMILES string of the molecule is O=C(c1cccnc1)N(Cc1ccccc1)[C@@H](CC1CCCCC1)c1ccccc1. The molecule has 0 unspecified atom stereocenters. The molecule has 1 aliphatic carbocycles. The highest BCUT2D eigenvalue weighted by molar-refractivity contribution is 5.94. The van der Waals surface area contributed by atoms with Crippen molar-refractivity contribution in [2.45, 2.75) is 51.1 Å². The molecule has 0 aliphatic heterocycles. The van der Waals surface area contributed by atoms with E-state index in [1.807, 2.05) is 36.4 Å². The highest BCUT2D eigenvalue weighted by Gasteiger charge is 2.29. The molecule has 0 N–H and O–H groups in total. The summed E-state index contributed by atoms with van der Waals surface area (Å²) in [5.74, 6) is 0.723. The van der Waals surface area contributed by atoms with Gasteiger partial charge in [-0.15, -0.1) is 0 Å². The molecule has 0 radical (unpaired) electrons. The van der Waals surface area contributed by atoms with E-state index in [0.29, 0.717) is 18.0 Å². The van der Waals surface area contributed by atoms with E-state index in [0.717, 1.165) is 12.0 Å². The summed E-state index contributed by atoms with van der Waals surface area (Å²) in [6, 6.07) is 24.6. The molecule has 0 saturated heterocycles. The van der Waals surface area contributed by atoms with Crippen LogP contribution in [0.5, 0.6) is 0 Å². The maximum Gasteiger partial charge on any atom is 0.256 e. The van der Waals surface area contributed by atoms with E-state index in [9.17, 15) is 4.79 Å². The van der Waals surface area contributed by atoms with Crippen LogP contribution in [0.2, 0.25) is 0 Å². The monoisotopic (exact) mass is 398 g/mol. The molecule has 154 valence electrons. The van der Waals surface area contributed by atoms with Crippen molar-refractivity contribution < 1.29 is 4.79 Å². The Morgan fingerprint density at radius 1 is 0.900 bits per heavy atom. The number of carbonyl (C=O) groups excluding carboxylic acids is 1. The van der Waals surface area contributed by atoms with Gasteiger partial charge in [-0.05, 0) is 35.6 Å². The van der Waals surface area contributed by atoms with E-state index in [1.54, 1.807) is 12.4 Å². The molecule has 1 saturated carbocycles. The van der Waals surface area contributed by atoms with Gasteiger partial charge >= 0.3 is 0 Å². The lowest BCUT2D eigenvalue weighted by Crippen LogP contribution is -2.36. The van der Waals surface area contributed by atoms with Gasteiger partial charge in [0.05, 0.1) is 11.6 Å². The third-order valence-corrected chi connectivity index (χ3v) is 6.21. The van der Waals surface area contributed by atoms with Crippen LogP contribution in [0.1, 0.15) is 66.1 Å². The third kappa shape index (κ3) is 5.15. The van der Waals surface area contributed by atoms with Crippen molar-refractivity contribution in [3.8, 4) is 0 Å². The Kier molecular flexibility index (Phi) is 6.91. The van der Waals surface area contributed by atoms with Gasteiger partial charge in [0.25, 0.3) is 5.91 Å². The van der Waals surface area contributed by atoms with Crippen molar-refractivity contribution in [1.82, 2.24) is 9.88 Å². The van der Waals surface area contributed by atoms with Gasteiger partial charge in [0, 0.05) is 18.9 Å². The van der Waals surface area contributed by atoms with Crippen LogP contribution in [-0.2, 0) is 6.54 Å². The molecule has 1 aliphatic rings. The zero-order valence-corrected chi connectivity index (χ0v) is 17.5. The highest BCUT2D eigenvalue weighted by Crippen LogP contribution is 2.36. The van der Waals surface area contributed by atoms with Crippen molar-refractivity contribution in [3.63, 3.8) is 0 Å². The standard InChI is InChI=1S/C27H30N2O/c30-27(25-17-10-18-28-20-25)29(21-23-13-6-2-7-14-23)26(24-15-8-3-9-16-24)19-22-11-4-1-5-12-22/h2-3,6-10,13-18,20,22,26H,1,4-5,11-12,19,21H2/t26-/m0/s1. The number of carbonyl (C=O) groups is 1. The van der Waals surface area contributed by atoms with Crippen LogP contribution in [0.3, 0.4) is 0 Å². The first-order valence-corrected chi connectivity index (χ1v) is 11.1. The predicted octanol–water partition coefficient (Wildman–Crippen LogP) is 6.44. The second-order valence-corrected chi connectivity index (χ2v) is 8.33. The Morgan fingerprint density at radius 2 is 1.60 bits per heavy atom. The van der Waals surface area contributed by atoms with Crippen LogP contribution in [0, 0.1) is 5.92 Å². The number of hydrogen-bond donors (Lipinski definition) is 0. The summed E-state index contributed by atoms with van der Waals surface area (Å²) in [7, 11) is 0. The topological polar surface area (TPSA) is 33.2 Å². The summed E-state index contributed by atoms with van der Waals surface area (Å²) in [4.78, 5) is 20.0. The van der Waals surface area contributed by atoms with Gasteiger partial charge in [-0.2, -0.15) is 0 Å². The Morgan fingerprint density at radius 3 is 2.27 bits per heavy atom. The van der Waals surface area contributed by atoms with Gasteiger partial charge in [0.2, 0.25) is 0 Å². The van der Waals surface area contributed by atoms with E-state index in [2.05, 4.69) is 46.3 Å². The van der Waals surface area contributed by atoms with Crippen LogP contribution in [0.15, 0.2) is 85.2 Å². The minimum absolute atomic E-state index is 0.0524. The van der Waals surface area contributed by atoms with Crippen molar-refractivity contribution in [1.29, 1.82) is 0 Å². The van der Waals surface area contributed by atoms with E-state index in [4.69, 9.17) is 0 Å². The zero-order valence-electron chi connectivity index (χ0n) is 17.5. The lowest BCUT2D eigenvalue weighted by atomic mass is 9.82. The average molecular weight is 399 g/mol. The van der Waals surface area contributed by atoms with Gasteiger partial charge in [0.15, 0.2) is 0 Å². The smallest absolute Gasteiger partial charge is 0.256 e. The quantitative estimate of drug-likeness (QED) is 0.459. The third-order valence-electron chi connectivity index (χ3n) is 6.21. The Bertz CT molecular complexity index is 905. The van der Waals surface area contributed by atoms with Crippen LogP contribution < -0.4 is 0 Å². The van der Waals surface area contributed by atoms with E-state index in [1.165, 1.54) is 37.7 Å². The molecule has 2 aromatic carbocycles. The second-order valence-electron chi connectivity index (χ2n) is 8.33. The molecule has 3 nitrogen and oxygen atoms in total. The molecule has 1 fully saturated rings. The lowest BCUT2D eigenvalue weighted by molar-refractivity contribution is 0.0617. The van der Waals surface area contributed by atoms with Gasteiger partial charge < -0.3 is 4.90 Å². The molecule has 1 heterocycles. The molecule has 30 heavy (non-hydrogen) atoms. The molecule has 0 spiro atoms. The van der Waals surface area contributed by atoms with Crippen molar-refractivity contribution in [2.75, 3.05) is 0 Å². The first kappa shape index (κ1) is 20.3. The summed E-state index contributed by atoms with van der Waals surface area (Å²) in [5, 5.41) is 0. The first-order valence-electron chi connectivity index (χ1n) is 11.1. The second kappa shape index (κ2) is 10.2. The normalized spacial score (nSPS) is 15.5. The molecule has 0 bridgehead atoms. The fourth-order valence-corrected chi connectivity index (χ4v) is 4.62. The maximum atomic E-state index is 13.7. The zero-order chi connectivity index (χ0) is 20.6. The van der Waals surface area contributed by atoms with Gasteiger partial charge in [-0.1, -0.05) is 92.8 Å². The largest absolute Gasteiger partial charge is 0.327 e. The fraction of sp³-hybridized carbons (Fsp3) is 0.333. The molecule has 1 atom stereocenters. The minimum Gasteiger partial charge on any atom is -0.327 e. The van der Waals surface area contributed by atoms with Gasteiger partial charge in [0.1, 0.15) is 0 Å². The van der Waals surface area contributed by atoms with Crippen molar-refractivity contribution >= 4 is 5.91 Å². The van der Waals surface area contributed by atoms with Gasteiger partial charge in [-0.25, -0.2) is 0 Å². The van der Waals surface area contributed by atoms with Crippen LogP contribution in [0.25, 0.3) is 0 Å². The van der Waals surface area contributed by atoms with Crippen molar-refractivity contribution in [2.24, 2.45) is 5.92 Å². The predicted molar refractivity (Wildman–Crippen MR) is 121 cm³/mol. The summed E-state index contributed by atoms with van der Waals surface area (Å²) >= 11 is 0. The average Bonchev–Trinajstić information content (AvgIpc) is 2.83. The lowest BCUT2D eigenvalue weighted by Gasteiger charge is -2.36. The molecule has 3 aromatic rings. The molecular formula is C27H30N2O. The van der Waals surface area contributed by atoms with E-state index < -0.39 is 0 Å². The Labute approximate surface area is 179 Å². The van der Waals surface area contributed by atoms with Gasteiger partial charge in [-0.3, -0.25) is 9.78 Å². The molecule has 4 rings (SSSR count). The van der Waals surface area contributed by atoms with Crippen LogP contribution in [-0.4, -0.2) is 15.8 Å². The first-order chi connectivity index (χ1) is 14.8. The number of hydrogen-bond acceptors (Lipinski definition) is 2. The summed E-state index contributed by atoms with van der Waals surface area (Å²) < 4.78 is 0. The van der Waals surface area contributed by atoms with E-state index in [-0.39, 0.29) is 11.9 Å². The minimum atomic E-state index is 0.0524. The number of nitrogens with zero attached hydrogens (tertiary/aromatic N) is 2. The number of amides is 1. The van der Waals surface area contributed by atoms with Crippen LogP contribution in [0.4, 0.5) is 0 Å².